The number of hydrogen-bond donors (Lipinski definition) is 2. The van der Waals surface area contributed by atoms with Crippen LogP contribution in [0.3, 0.4) is 0 Å². The first-order chi connectivity index (χ1) is 16.8. The zero-order valence-electron chi connectivity index (χ0n) is 18.1. The molecule has 164 valence electrons. The van der Waals surface area contributed by atoms with Crippen molar-refractivity contribution < 1.29 is 9.84 Å². The van der Waals surface area contributed by atoms with E-state index in [1.165, 1.54) is 0 Å². The predicted octanol–water partition coefficient (Wildman–Crippen LogP) is 6.20. The van der Waals surface area contributed by atoms with Gasteiger partial charge in [-0.2, -0.15) is 5.26 Å². The van der Waals surface area contributed by atoms with Gasteiger partial charge < -0.3 is 15.2 Å². The molecule has 2 aromatic heterocycles. The molecule has 34 heavy (non-hydrogen) atoms. The number of rotatable bonds is 6. The molecule has 0 saturated heterocycles. The van der Waals surface area contributed by atoms with E-state index in [4.69, 9.17) is 9.72 Å². The zero-order chi connectivity index (χ0) is 23.3. The molecular weight excluding hydrogens is 424 g/mol. The van der Waals surface area contributed by atoms with Gasteiger partial charge >= 0.3 is 0 Å². The molecule has 0 radical (unpaired) electrons. The summed E-state index contributed by atoms with van der Waals surface area (Å²) in [6, 6.07) is 28.6. The molecule has 0 spiro atoms. The number of aliphatic hydroxyl groups is 1. The molecule has 0 aliphatic heterocycles. The third kappa shape index (κ3) is 4.16. The van der Waals surface area contributed by atoms with Crippen LogP contribution in [0.25, 0.3) is 22.2 Å². The van der Waals surface area contributed by atoms with Crippen molar-refractivity contribution in [1.82, 2.24) is 9.97 Å². The van der Waals surface area contributed by atoms with Gasteiger partial charge in [0.15, 0.2) is 0 Å². The Labute approximate surface area is 196 Å². The summed E-state index contributed by atoms with van der Waals surface area (Å²) in [4.78, 5) is 8.78. The summed E-state index contributed by atoms with van der Waals surface area (Å²) in [6.45, 7) is -0.165. The molecule has 0 unspecified atom stereocenters. The number of nitrogens with one attached hydrogen (secondary N) is 1. The van der Waals surface area contributed by atoms with Crippen molar-refractivity contribution >= 4 is 22.3 Å². The standard InChI is InChI=1S/C28H20N4O2/c29-17-24-27(19-5-2-1-3-6-19)32-25-8-4-7-20(18-33)26(25)28(24)31-21-9-11-22(12-10-21)34-23-13-15-30-16-14-23/h1-16,33H,18H2,(H,31,32). The lowest BCUT2D eigenvalue weighted by molar-refractivity contribution is 0.283. The van der Waals surface area contributed by atoms with Gasteiger partial charge in [0, 0.05) is 29.0 Å². The van der Waals surface area contributed by atoms with Gasteiger partial charge in [0.25, 0.3) is 0 Å². The van der Waals surface area contributed by atoms with E-state index in [0.29, 0.717) is 39.5 Å². The monoisotopic (exact) mass is 444 g/mol. The number of pyridine rings is 2. The second-order valence-electron chi connectivity index (χ2n) is 7.59. The maximum Gasteiger partial charge on any atom is 0.130 e. The highest BCUT2D eigenvalue weighted by Gasteiger charge is 2.19. The Balaban J connectivity index is 1.60. The minimum absolute atomic E-state index is 0.165. The van der Waals surface area contributed by atoms with Gasteiger partial charge in [0.2, 0.25) is 0 Å². The molecule has 0 atom stereocenters. The first kappa shape index (κ1) is 21.1. The van der Waals surface area contributed by atoms with E-state index in [1.54, 1.807) is 24.5 Å². The smallest absolute Gasteiger partial charge is 0.130 e. The SMILES string of the molecule is N#Cc1c(-c2ccccc2)nc2cccc(CO)c2c1Nc1ccc(Oc2ccncc2)cc1. The fourth-order valence-electron chi connectivity index (χ4n) is 3.85. The Morgan fingerprint density at radius 2 is 1.59 bits per heavy atom. The molecule has 0 amide bonds. The number of aliphatic hydroxyl groups excluding tert-OH is 1. The zero-order valence-corrected chi connectivity index (χ0v) is 18.1. The molecule has 2 N–H and O–H groups in total. The second-order valence-corrected chi connectivity index (χ2v) is 7.59. The summed E-state index contributed by atoms with van der Waals surface area (Å²) in [7, 11) is 0. The van der Waals surface area contributed by atoms with E-state index in [0.717, 1.165) is 16.6 Å². The molecular formula is C28H20N4O2. The second kappa shape index (κ2) is 9.41. The van der Waals surface area contributed by atoms with E-state index in [2.05, 4.69) is 16.4 Å². The van der Waals surface area contributed by atoms with Gasteiger partial charge in [0.05, 0.1) is 23.5 Å². The van der Waals surface area contributed by atoms with Crippen LogP contribution in [0.15, 0.2) is 97.3 Å². The van der Waals surface area contributed by atoms with Crippen molar-refractivity contribution in [1.29, 1.82) is 5.26 Å². The molecule has 0 aliphatic carbocycles. The number of hydrogen-bond acceptors (Lipinski definition) is 6. The van der Waals surface area contributed by atoms with E-state index < -0.39 is 0 Å². The van der Waals surface area contributed by atoms with Gasteiger partial charge in [-0.25, -0.2) is 4.98 Å². The first-order valence-electron chi connectivity index (χ1n) is 10.7. The van der Waals surface area contributed by atoms with Gasteiger partial charge in [-0.1, -0.05) is 42.5 Å². The highest BCUT2D eigenvalue weighted by atomic mass is 16.5. The van der Waals surface area contributed by atoms with Gasteiger partial charge in [0.1, 0.15) is 23.1 Å². The van der Waals surface area contributed by atoms with Crippen LogP contribution in [0.2, 0.25) is 0 Å². The van der Waals surface area contributed by atoms with Crippen molar-refractivity contribution in [2.75, 3.05) is 5.32 Å². The number of nitriles is 1. The molecule has 5 rings (SSSR count). The number of fused-ring (bicyclic) bond motifs is 1. The van der Waals surface area contributed by atoms with Crippen LogP contribution < -0.4 is 10.1 Å². The van der Waals surface area contributed by atoms with Crippen LogP contribution in [0.1, 0.15) is 11.1 Å². The largest absolute Gasteiger partial charge is 0.457 e. The van der Waals surface area contributed by atoms with Gasteiger partial charge in [-0.3, -0.25) is 4.98 Å². The number of ether oxygens (including phenoxy) is 1. The van der Waals surface area contributed by atoms with Crippen LogP contribution >= 0.6 is 0 Å². The Kier molecular flexibility index (Phi) is 5.85. The molecule has 3 aromatic carbocycles. The fraction of sp³-hybridized carbons (Fsp3) is 0.0357. The third-order valence-electron chi connectivity index (χ3n) is 5.44. The van der Waals surface area contributed by atoms with Crippen molar-refractivity contribution in [3.05, 3.63) is 108 Å². The normalized spacial score (nSPS) is 10.6. The van der Waals surface area contributed by atoms with Crippen LogP contribution in [0.5, 0.6) is 11.5 Å². The summed E-state index contributed by atoms with van der Waals surface area (Å²) in [6.07, 6.45) is 3.35. The Morgan fingerprint density at radius 3 is 2.29 bits per heavy atom. The quantitative estimate of drug-likeness (QED) is 0.324. The first-order valence-corrected chi connectivity index (χ1v) is 10.7. The molecule has 0 saturated carbocycles. The maximum absolute atomic E-state index is 10.2. The Morgan fingerprint density at radius 1 is 0.853 bits per heavy atom. The molecule has 0 aliphatic rings. The van der Waals surface area contributed by atoms with Crippen LogP contribution in [0.4, 0.5) is 11.4 Å². The summed E-state index contributed by atoms with van der Waals surface area (Å²) in [5.74, 6) is 1.38. The highest BCUT2D eigenvalue weighted by Crippen LogP contribution is 2.37. The number of aromatic nitrogens is 2. The molecule has 6 nitrogen and oxygen atoms in total. The third-order valence-corrected chi connectivity index (χ3v) is 5.44. The summed E-state index contributed by atoms with van der Waals surface area (Å²) in [5, 5.41) is 24.3. The van der Waals surface area contributed by atoms with E-state index >= 15 is 0 Å². The predicted molar refractivity (Wildman–Crippen MR) is 132 cm³/mol. The van der Waals surface area contributed by atoms with Gasteiger partial charge in [-0.05, 0) is 48.0 Å². The lowest BCUT2D eigenvalue weighted by Gasteiger charge is -2.17. The van der Waals surface area contributed by atoms with E-state index in [9.17, 15) is 10.4 Å². The number of nitrogens with zero attached hydrogens (tertiary/aromatic N) is 3. The molecule has 6 heteroatoms. The lowest BCUT2D eigenvalue weighted by Crippen LogP contribution is -2.02. The van der Waals surface area contributed by atoms with Crippen LogP contribution in [-0.4, -0.2) is 15.1 Å². The summed E-state index contributed by atoms with van der Waals surface area (Å²) < 4.78 is 5.85. The summed E-state index contributed by atoms with van der Waals surface area (Å²) in [5.41, 5.74) is 4.63. The van der Waals surface area contributed by atoms with Crippen molar-refractivity contribution in [2.45, 2.75) is 6.61 Å². The molecule has 2 heterocycles. The minimum atomic E-state index is -0.165. The Hall–Kier alpha value is -4.73. The van der Waals surface area contributed by atoms with Crippen molar-refractivity contribution in [3.8, 4) is 28.8 Å². The number of anilines is 2. The van der Waals surface area contributed by atoms with E-state index in [-0.39, 0.29) is 6.61 Å². The number of benzene rings is 3. The minimum Gasteiger partial charge on any atom is -0.457 e. The molecule has 5 aromatic rings. The van der Waals surface area contributed by atoms with Gasteiger partial charge in [-0.15, -0.1) is 0 Å². The molecule has 0 fully saturated rings. The summed E-state index contributed by atoms with van der Waals surface area (Å²) >= 11 is 0. The lowest BCUT2D eigenvalue weighted by atomic mass is 9.98. The van der Waals surface area contributed by atoms with Crippen molar-refractivity contribution in [3.63, 3.8) is 0 Å². The average Bonchev–Trinajstić information content (AvgIpc) is 2.90. The highest BCUT2D eigenvalue weighted by molar-refractivity contribution is 6.01. The van der Waals surface area contributed by atoms with Crippen LogP contribution in [0, 0.1) is 11.3 Å². The topological polar surface area (TPSA) is 91.1 Å². The average molecular weight is 444 g/mol. The van der Waals surface area contributed by atoms with E-state index in [1.807, 2.05) is 72.8 Å². The molecule has 0 bridgehead atoms. The Bertz CT molecular complexity index is 1480. The van der Waals surface area contributed by atoms with Crippen LogP contribution in [-0.2, 0) is 6.61 Å². The maximum atomic E-state index is 10.2. The van der Waals surface area contributed by atoms with Crippen molar-refractivity contribution in [2.24, 2.45) is 0 Å². The fourth-order valence-corrected chi connectivity index (χ4v) is 3.85.